The maximum atomic E-state index is 13.2. The first-order valence-electron chi connectivity index (χ1n) is 11.9. The number of carbonyl (C=O) groups is 1. The van der Waals surface area contributed by atoms with E-state index in [2.05, 4.69) is 10.6 Å². The smallest absolute Gasteiger partial charge is 0.226 e. The van der Waals surface area contributed by atoms with Gasteiger partial charge in [0.15, 0.2) is 0 Å². The van der Waals surface area contributed by atoms with Gasteiger partial charge in [-0.25, -0.2) is 9.97 Å². The van der Waals surface area contributed by atoms with E-state index in [1.165, 1.54) is 54.4 Å². The van der Waals surface area contributed by atoms with Crippen LogP contribution in [0.25, 0.3) is 10.2 Å². The lowest BCUT2D eigenvalue weighted by molar-refractivity contribution is -0.146. The summed E-state index contributed by atoms with van der Waals surface area (Å²) in [6, 6.07) is 0. The average molecular weight is 425 g/mol. The second-order valence-corrected chi connectivity index (χ2v) is 11.5. The molecule has 160 valence electrons. The van der Waals surface area contributed by atoms with E-state index in [1.807, 2.05) is 18.3 Å². The molecule has 4 fully saturated rings. The zero-order chi connectivity index (χ0) is 20.3. The molecule has 2 heterocycles. The van der Waals surface area contributed by atoms with Crippen LogP contribution < -0.4 is 10.6 Å². The summed E-state index contributed by atoms with van der Waals surface area (Å²) in [5.41, 5.74) is 1.40. The number of fused-ring (bicyclic) bond motifs is 3. The van der Waals surface area contributed by atoms with Gasteiger partial charge < -0.3 is 10.6 Å². The zero-order valence-electron chi connectivity index (χ0n) is 17.9. The lowest BCUT2D eigenvalue weighted by Gasteiger charge is -2.55. The predicted molar refractivity (Wildman–Crippen MR) is 121 cm³/mol. The summed E-state index contributed by atoms with van der Waals surface area (Å²) >= 11 is 1.84. The second-order valence-electron chi connectivity index (χ2n) is 10.4. The first-order valence-corrected chi connectivity index (χ1v) is 12.7. The van der Waals surface area contributed by atoms with Crippen molar-refractivity contribution >= 4 is 33.3 Å². The van der Waals surface area contributed by atoms with Gasteiger partial charge in [0, 0.05) is 23.4 Å². The molecule has 7 rings (SSSR count). The Balaban J connectivity index is 1.13. The molecular formula is C24H32N4OS. The first kappa shape index (κ1) is 19.0. The van der Waals surface area contributed by atoms with Gasteiger partial charge in [-0.3, -0.25) is 4.79 Å². The number of rotatable bonds is 5. The molecule has 6 heteroatoms. The number of aromatic nitrogens is 2. The second kappa shape index (κ2) is 7.18. The summed E-state index contributed by atoms with van der Waals surface area (Å²) in [6.07, 6.45) is 12.4. The highest BCUT2D eigenvalue weighted by Crippen LogP contribution is 2.60. The van der Waals surface area contributed by atoms with Gasteiger partial charge in [-0.15, -0.1) is 11.3 Å². The van der Waals surface area contributed by atoms with Gasteiger partial charge in [-0.1, -0.05) is 0 Å². The van der Waals surface area contributed by atoms with Crippen LogP contribution in [0.3, 0.4) is 0 Å². The molecule has 5 nitrogen and oxygen atoms in total. The van der Waals surface area contributed by atoms with Crippen molar-refractivity contribution in [2.75, 3.05) is 18.4 Å². The van der Waals surface area contributed by atoms with Crippen molar-refractivity contribution in [3.8, 4) is 0 Å². The van der Waals surface area contributed by atoms with Gasteiger partial charge in [-0.05, 0) is 94.4 Å². The molecule has 0 aliphatic heterocycles. The van der Waals surface area contributed by atoms with E-state index in [-0.39, 0.29) is 5.41 Å². The number of hydrogen-bond donors (Lipinski definition) is 2. The molecule has 0 radical (unpaired) electrons. The van der Waals surface area contributed by atoms with Crippen LogP contribution in [0.5, 0.6) is 0 Å². The molecule has 5 aliphatic carbocycles. The van der Waals surface area contributed by atoms with Crippen molar-refractivity contribution in [3.05, 3.63) is 16.3 Å². The maximum absolute atomic E-state index is 13.2. The van der Waals surface area contributed by atoms with Gasteiger partial charge in [-0.2, -0.15) is 0 Å². The Kier molecular flexibility index (Phi) is 4.55. The molecule has 5 aliphatic rings. The molecule has 0 unspecified atom stereocenters. The number of aryl methyl sites for hydroxylation is 3. The quantitative estimate of drug-likeness (QED) is 0.687. The van der Waals surface area contributed by atoms with Crippen LogP contribution in [0.2, 0.25) is 0 Å². The average Bonchev–Trinajstić information content (AvgIpc) is 3.08. The molecule has 4 saturated carbocycles. The summed E-state index contributed by atoms with van der Waals surface area (Å²) in [4.78, 5) is 25.2. The van der Waals surface area contributed by atoms with Gasteiger partial charge in [0.25, 0.3) is 0 Å². The Hall–Kier alpha value is -1.69. The van der Waals surface area contributed by atoms with Crippen molar-refractivity contribution in [2.45, 2.75) is 71.1 Å². The fraction of sp³-hybridized carbons (Fsp3) is 0.708. The molecule has 30 heavy (non-hydrogen) atoms. The Bertz CT molecular complexity index is 961. The normalized spacial score (nSPS) is 31.7. The SMILES string of the molecule is Cc1nc(NCCNC(=O)C23CC4CC(CC(C4)C2)C3)c2c3c(sc2n1)CCCC3. The fourth-order valence-electron chi connectivity index (χ4n) is 7.33. The van der Waals surface area contributed by atoms with Crippen molar-refractivity contribution in [1.82, 2.24) is 15.3 Å². The van der Waals surface area contributed by atoms with E-state index in [0.717, 1.165) is 59.9 Å². The van der Waals surface area contributed by atoms with E-state index >= 15 is 0 Å². The van der Waals surface area contributed by atoms with Gasteiger partial charge >= 0.3 is 0 Å². The van der Waals surface area contributed by atoms with Crippen LogP contribution in [-0.2, 0) is 17.6 Å². The summed E-state index contributed by atoms with van der Waals surface area (Å²) < 4.78 is 0. The number of carbonyl (C=O) groups excluding carboxylic acids is 1. The van der Waals surface area contributed by atoms with Crippen LogP contribution in [0.1, 0.15) is 67.6 Å². The molecule has 4 bridgehead atoms. The summed E-state index contributed by atoms with van der Waals surface area (Å²) in [5.74, 6) is 4.52. The van der Waals surface area contributed by atoms with Crippen LogP contribution in [0.4, 0.5) is 5.82 Å². The molecule has 2 aromatic rings. The number of anilines is 1. The number of amides is 1. The Labute approximate surface area is 182 Å². The lowest BCUT2D eigenvalue weighted by Crippen LogP contribution is -2.54. The minimum atomic E-state index is -0.0556. The van der Waals surface area contributed by atoms with Gasteiger partial charge in [0.2, 0.25) is 5.91 Å². The van der Waals surface area contributed by atoms with Crippen LogP contribution in [0, 0.1) is 30.1 Å². The number of thiophene rings is 1. The van der Waals surface area contributed by atoms with Crippen molar-refractivity contribution in [1.29, 1.82) is 0 Å². The molecule has 2 aromatic heterocycles. The minimum absolute atomic E-state index is 0.0556. The summed E-state index contributed by atoms with van der Waals surface area (Å²) in [7, 11) is 0. The third kappa shape index (κ3) is 3.14. The van der Waals surface area contributed by atoms with Crippen LogP contribution in [-0.4, -0.2) is 29.0 Å². The Morgan fingerprint density at radius 2 is 1.73 bits per heavy atom. The summed E-state index contributed by atoms with van der Waals surface area (Å²) in [5, 5.41) is 8.05. The molecule has 0 spiro atoms. The van der Waals surface area contributed by atoms with E-state index in [9.17, 15) is 4.79 Å². The zero-order valence-corrected chi connectivity index (χ0v) is 18.7. The molecule has 0 aromatic carbocycles. The number of nitrogens with one attached hydrogen (secondary N) is 2. The first-order chi connectivity index (χ1) is 14.6. The topological polar surface area (TPSA) is 66.9 Å². The van der Waals surface area contributed by atoms with Crippen LogP contribution in [0.15, 0.2) is 0 Å². The highest BCUT2D eigenvalue weighted by atomic mass is 32.1. The van der Waals surface area contributed by atoms with E-state index < -0.39 is 0 Å². The number of nitrogens with zero attached hydrogens (tertiary/aromatic N) is 2. The number of hydrogen-bond acceptors (Lipinski definition) is 5. The van der Waals surface area contributed by atoms with E-state index in [4.69, 9.17) is 9.97 Å². The highest BCUT2D eigenvalue weighted by Gasteiger charge is 2.54. The van der Waals surface area contributed by atoms with Crippen LogP contribution >= 0.6 is 11.3 Å². The lowest BCUT2D eigenvalue weighted by atomic mass is 9.49. The van der Waals surface area contributed by atoms with Gasteiger partial charge in [0.05, 0.1) is 5.39 Å². The van der Waals surface area contributed by atoms with Crippen molar-refractivity contribution in [3.63, 3.8) is 0 Å². The standard InChI is InChI=1S/C24H32N4OS/c1-14-27-21(20-18-4-2-3-5-19(18)30-22(20)28-14)25-6-7-26-23(29)24-11-15-8-16(12-24)10-17(9-15)13-24/h15-17H,2-13H2,1H3,(H,26,29)(H,25,27,28). The van der Waals surface area contributed by atoms with E-state index in [1.54, 1.807) is 0 Å². The van der Waals surface area contributed by atoms with Crippen molar-refractivity contribution in [2.24, 2.45) is 23.2 Å². The molecule has 2 N–H and O–H groups in total. The molecule has 0 saturated heterocycles. The largest absolute Gasteiger partial charge is 0.368 e. The Morgan fingerprint density at radius 1 is 1.03 bits per heavy atom. The van der Waals surface area contributed by atoms with Gasteiger partial charge in [0.1, 0.15) is 16.5 Å². The molecule has 1 amide bonds. The molecule has 0 atom stereocenters. The highest BCUT2D eigenvalue weighted by molar-refractivity contribution is 7.19. The minimum Gasteiger partial charge on any atom is -0.368 e. The van der Waals surface area contributed by atoms with Crippen molar-refractivity contribution < 1.29 is 4.79 Å². The Morgan fingerprint density at radius 3 is 2.47 bits per heavy atom. The summed E-state index contributed by atoms with van der Waals surface area (Å²) in [6.45, 7) is 3.35. The fourth-order valence-corrected chi connectivity index (χ4v) is 8.63. The molecular weight excluding hydrogens is 392 g/mol. The predicted octanol–water partition coefficient (Wildman–Crippen LogP) is 4.62. The van der Waals surface area contributed by atoms with E-state index in [0.29, 0.717) is 19.0 Å². The monoisotopic (exact) mass is 424 g/mol. The third-order valence-electron chi connectivity index (χ3n) is 8.15. The third-order valence-corrected chi connectivity index (χ3v) is 9.34. The maximum Gasteiger partial charge on any atom is 0.226 e.